The summed E-state index contributed by atoms with van der Waals surface area (Å²) in [5, 5.41) is 5.25. The highest BCUT2D eigenvalue weighted by atomic mass is 16.5. The summed E-state index contributed by atoms with van der Waals surface area (Å²) in [5.41, 5.74) is 5.84. The fraction of sp³-hybridized carbons (Fsp3) is 0.419. The fourth-order valence-corrected chi connectivity index (χ4v) is 5.76. The van der Waals surface area contributed by atoms with Crippen molar-refractivity contribution < 1.29 is 19.1 Å². The van der Waals surface area contributed by atoms with Crippen molar-refractivity contribution in [1.82, 2.24) is 14.5 Å². The second kappa shape index (κ2) is 12.0. The first kappa shape index (κ1) is 27.6. The zero-order valence-electron chi connectivity index (χ0n) is 23.9. The molecule has 0 amide bonds. The lowest BCUT2D eigenvalue weighted by Crippen LogP contribution is -2.43. The molecule has 2 saturated heterocycles. The molecule has 2 aromatic carbocycles. The molecular formula is C31H39N5O4. The molecule has 0 bridgehead atoms. The number of ether oxygens (including phenoxy) is 2. The van der Waals surface area contributed by atoms with Crippen molar-refractivity contribution in [2.24, 2.45) is 14.1 Å². The summed E-state index contributed by atoms with van der Waals surface area (Å²) in [4.78, 5) is 28.3. The summed E-state index contributed by atoms with van der Waals surface area (Å²) >= 11 is 0. The Morgan fingerprint density at radius 1 is 0.675 bits per heavy atom. The van der Waals surface area contributed by atoms with Crippen LogP contribution in [-0.2, 0) is 23.6 Å². The van der Waals surface area contributed by atoms with E-state index in [2.05, 4.69) is 39.4 Å². The maximum atomic E-state index is 11.8. The third kappa shape index (κ3) is 5.51. The van der Waals surface area contributed by atoms with Gasteiger partial charge >= 0.3 is 11.9 Å². The average molecular weight is 546 g/mol. The van der Waals surface area contributed by atoms with Crippen LogP contribution in [0, 0.1) is 0 Å². The SMILES string of the molecule is COC(=O)c1cn(C)c2cc(N3CCCCC3)ccc12.COC(=O)c1cn(C)c2cc(N3CCNCC3)ccc12. The molecule has 0 spiro atoms. The minimum atomic E-state index is -0.287. The van der Waals surface area contributed by atoms with E-state index in [1.807, 2.05) is 47.8 Å². The molecule has 0 aliphatic carbocycles. The van der Waals surface area contributed by atoms with Gasteiger partial charge in [0, 0.05) is 87.9 Å². The van der Waals surface area contributed by atoms with Crippen LogP contribution in [0.15, 0.2) is 48.8 Å². The van der Waals surface area contributed by atoms with Gasteiger partial charge in [-0.2, -0.15) is 0 Å². The quantitative estimate of drug-likeness (QED) is 0.383. The molecule has 2 aliphatic heterocycles. The van der Waals surface area contributed by atoms with Crippen molar-refractivity contribution in [3.8, 4) is 0 Å². The summed E-state index contributed by atoms with van der Waals surface area (Å²) in [6, 6.07) is 12.6. The van der Waals surface area contributed by atoms with E-state index < -0.39 is 0 Å². The normalized spacial score (nSPS) is 15.6. The van der Waals surface area contributed by atoms with Gasteiger partial charge in [0.2, 0.25) is 0 Å². The van der Waals surface area contributed by atoms with Gasteiger partial charge in [-0.25, -0.2) is 9.59 Å². The third-order valence-electron chi connectivity index (χ3n) is 7.96. The minimum absolute atomic E-state index is 0.277. The molecule has 0 radical (unpaired) electrons. The van der Waals surface area contributed by atoms with Crippen molar-refractivity contribution in [2.75, 3.05) is 63.3 Å². The summed E-state index contributed by atoms with van der Waals surface area (Å²) in [7, 11) is 6.75. The second-order valence-electron chi connectivity index (χ2n) is 10.5. The van der Waals surface area contributed by atoms with Gasteiger partial charge in [-0.1, -0.05) is 0 Å². The van der Waals surface area contributed by atoms with Gasteiger partial charge in [0.15, 0.2) is 0 Å². The fourth-order valence-electron chi connectivity index (χ4n) is 5.76. The van der Waals surface area contributed by atoms with Gasteiger partial charge < -0.3 is 33.7 Å². The summed E-state index contributed by atoms with van der Waals surface area (Å²) < 4.78 is 13.6. The Hall–Kier alpha value is -3.98. The third-order valence-corrected chi connectivity index (χ3v) is 7.96. The van der Waals surface area contributed by atoms with Gasteiger partial charge in [0.05, 0.1) is 36.4 Å². The molecule has 0 atom stereocenters. The molecule has 4 heterocycles. The number of nitrogens with zero attached hydrogens (tertiary/aromatic N) is 4. The predicted molar refractivity (Wildman–Crippen MR) is 160 cm³/mol. The van der Waals surface area contributed by atoms with Crippen molar-refractivity contribution >= 4 is 45.1 Å². The maximum absolute atomic E-state index is 11.8. The molecule has 0 saturated carbocycles. The van der Waals surface area contributed by atoms with E-state index in [-0.39, 0.29) is 11.9 Å². The summed E-state index contributed by atoms with van der Waals surface area (Å²) in [6.45, 7) is 6.30. The van der Waals surface area contributed by atoms with E-state index in [1.165, 1.54) is 44.9 Å². The Balaban J connectivity index is 0.000000161. The van der Waals surface area contributed by atoms with E-state index in [0.717, 1.165) is 61.1 Å². The first-order valence-corrected chi connectivity index (χ1v) is 14.0. The zero-order chi connectivity index (χ0) is 28.2. The van der Waals surface area contributed by atoms with Crippen LogP contribution in [0.3, 0.4) is 0 Å². The van der Waals surface area contributed by atoms with E-state index in [1.54, 1.807) is 0 Å². The summed E-state index contributed by atoms with van der Waals surface area (Å²) in [6.07, 6.45) is 7.53. The van der Waals surface area contributed by atoms with Crippen LogP contribution in [0.1, 0.15) is 40.0 Å². The highest BCUT2D eigenvalue weighted by molar-refractivity contribution is 6.05. The van der Waals surface area contributed by atoms with Crippen LogP contribution < -0.4 is 15.1 Å². The Morgan fingerprint density at radius 2 is 1.12 bits per heavy atom. The Bertz CT molecular complexity index is 1400. The number of methoxy groups -OCH3 is 2. The number of piperazine rings is 1. The van der Waals surface area contributed by atoms with Crippen molar-refractivity contribution in [1.29, 1.82) is 0 Å². The van der Waals surface area contributed by atoms with Crippen LogP contribution in [-0.4, -0.2) is 74.6 Å². The predicted octanol–water partition coefficient (Wildman–Crippen LogP) is 4.33. The Morgan fingerprint density at radius 3 is 1.57 bits per heavy atom. The topological polar surface area (TPSA) is 81.0 Å². The van der Waals surface area contributed by atoms with E-state index in [9.17, 15) is 9.59 Å². The van der Waals surface area contributed by atoms with Crippen molar-refractivity contribution in [3.05, 3.63) is 59.9 Å². The number of hydrogen-bond acceptors (Lipinski definition) is 7. The van der Waals surface area contributed by atoms with Gasteiger partial charge in [0.1, 0.15) is 0 Å². The van der Waals surface area contributed by atoms with Gasteiger partial charge in [0.25, 0.3) is 0 Å². The monoisotopic (exact) mass is 545 g/mol. The molecule has 1 N–H and O–H groups in total. The van der Waals surface area contributed by atoms with Crippen molar-refractivity contribution in [3.63, 3.8) is 0 Å². The number of nitrogens with one attached hydrogen (secondary N) is 1. The number of fused-ring (bicyclic) bond motifs is 2. The van der Waals surface area contributed by atoms with Crippen LogP contribution in [0.25, 0.3) is 21.8 Å². The molecule has 212 valence electrons. The van der Waals surface area contributed by atoms with E-state index in [0.29, 0.717) is 11.1 Å². The number of anilines is 2. The molecule has 40 heavy (non-hydrogen) atoms. The molecule has 2 aromatic heterocycles. The largest absolute Gasteiger partial charge is 0.465 e. The number of piperidine rings is 1. The lowest BCUT2D eigenvalue weighted by molar-refractivity contribution is 0.0594. The van der Waals surface area contributed by atoms with Crippen LogP contribution in [0.5, 0.6) is 0 Å². The molecule has 0 unspecified atom stereocenters. The van der Waals surface area contributed by atoms with Crippen LogP contribution >= 0.6 is 0 Å². The first-order chi connectivity index (χ1) is 19.4. The van der Waals surface area contributed by atoms with Gasteiger partial charge in [-0.05, 0) is 55.7 Å². The number of aryl methyl sites for hydroxylation is 2. The standard InChI is InChI=1S/C16H20N2O2.C15H19N3O2/c1-17-11-14(16(19)20-2)13-7-6-12(10-15(13)17)18-8-4-3-5-9-18;1-17-10-13(15(19)20-2)12-4-3-11(9-14(12)17)18-7-5-16-6-8-18/h6-7,10-11H,3-5,8-9H2,1-2H3;3-4,9-10,16H,5-8H2,1-2H3. The number of aromatic nitrogens is 2. The van der Waals surface area contributed by atoms with Crippen molar-refractivity contribution in [2.45, 2.75) is 19.3 Å². The molecule has 6 rings (SSSR count). The molecule has 2 fully saturated rings. The summed E-state index contributed by atoms with van der Waals surface area (Å²) in [5.74, 6) is -0.563. The number of esters is 2. The maximum Gasteiger partial charge on any atom is 0.340 e. The van der Waals surface area contributed by atoms with Gasteiger partial charge in [-0.3, -0.25) is 0 Å². The lowest BCUT2D eigenvalue weighted by Gasteiger charge is -2.29. The van der Waals surface area contributed by atoms with E-state index in [4.69, 9.17) is 9.47 Å². The number of benzene rings is 2. The Labute approximate surface area is 235 Å². The number of rotatable bonds is 4. The number of carbonyl (C=O) groups is 2. The highest BCUT2D eigenvalue weighted by Crippen LogP contribution is 2.29. The first-order valence-electron chi connectivity index (χ1n) is 14.0. The molecule has 9 nitrogen and oxygen atoms in total. The smallest absolute Gasteiger partial charge is 0.340 e. The highest BCUT2D eigenvalue weighted by Gasteiger charge is 2.18. The molecular weight excluding hydrogens is 506 g/mol. The minimum Gasteiger partial charge on any atom is -0.465 e. The van der Waals surface area contributed by atoms with E-state index >= 15 is 0 Å². The number of carbonyl (C=O) groups excluding carboxylic acids is 2. The molecule has 9 heteroatoms. The van der Waals surface area contributed by atoms with Crippen LogP contribution in [0.2, 0.25) is 0 Å². The Kier molecular flexibility index (Phi) is 8.30. The van der Waals surface area contributed by atoms with Crippen LogP contribution in [0.4, 0.5) is 11.4 Å². The molecule has 4 aromatic rings. The van der Waals surface area contributed by atoms with Gasteiger partial charge in [-0.15, -0.1) is 0 Å². The lowest BCUT2D eigenvalue weighted by atomic mass is 10.1. The average Bonchev–Trinajstić information content (AvgIpc) is 3.53. The number of hydrogen-bond donors (Lipinski definition) is 1. The zero-order valence-corrected chi connectivity index (χ0v) is 23.9. The second-order valence-corrected chi connectivity index (χ2v) is 10.5. The molecule has 2 aliphatic rings.